The molecule has 0 radical (unpaired) electrons. The first kappa shape index (κ1) is 9.73. The Balaban J connectivity index is 3.04. The molecule has 3 nitrogen and oxygen atoms in total. The molecule has 5 heteroatoms. The molecule has 0 aliphatic rings. The fraction of sp³-hybridized carbons (Fsp3) is 0.143. The Kier molecular flexibility index (Phi) is 3.28. The highest BCUT2D eigenvalue weighted by Gasteiger charge is 2.05. The van der Waals surface area contributed by atoms with E-state index in [1.807, 2.05) is 0 Å². The summed E-state index contributed by atoms with van der Waals surface area (Å²) in [4.78, 5) is 14.6. The molecule has 0 saturated heterocycles. The van der Waals surface area contributed by atoms with Crippen molar-refractivity contribution in [3.05, 3.63) is 21.0 Å². The number of carbonyl (C=O) groups excluding carboxylic acids is 1. The number of rotatable bonds is 1. The summed E-state index contributed by atoms with van der Waals surface area (Å²) in [5.41, 5.74) is 0.625. The average molecular weight is 296 g/mol. The van der Waals surface area contributed by atoms with E-state index in [2.05, 4.69) is 32.9 Å². The molecule has 0 fully saturated rings. The third-order valence-electron chi connectivity index (χ3n) is 1.15. The lowest BCUT2D eigenvalue weighted by molar-refractivity contribution is -0.114. The number of hydrogen-bond donors (Lipinski definition) is 1. The maximum atomic E-state index is 10.7. The van der Waals surface area contributed by atoms with Crippen molar-refractivity contribution in [1.82, 2.24) is 4.98 Å². The molecule has 0 aromatic carbocycles. The number of halogens is 2. The van der Waals surface area contributed by atoms with E-state index < -0.39 is 0 Å². The van der Waals surface area contributed by atoms with Crippen molar-refractivity contribution in [2.45, 2.75) is 6.92 Å². The third kappa shape index (κ3) is 2.31. The number of nitrogens with one attached hydrogen (secondary N) is 1. The van der Waals surface area contributed by atoms with Crippen molar-refractivity contribution in [3.63, 3.8) is 0 Å². The van der Waals surface area contributed by atoms with Gasteiger partial charge in [0, 0.05) is 19.3 Å². The van der Waals surface area contributed by atoms with Crippen LogP contribution in [0.2, 0.25) is 5.02 Å². The van der Waals surface area contributed by atoms with E-state index in [4.69, 9.17) is 11.6 Å². The van der Waals surface area contributed by atoms with Crippen LogP contribution in [0.4, 0.5) is 5.69 Å². The van der Waals surface area contributed by atoms with Crippen LogP contribution in [0, 0.1) is 3.57 Å². The second-order valence-corrected chi connectivity index (χ2v) is 3.73. The number of aromatic nitrogens is 1. The van der Waals surface area contributed by atoms with Gasteiger partial charge >= 0.3 is 0 Å². The summed E-state index contributed by atoms with van der Waals surface area (Å²) < 4.78 is 0.829. The lowest BCUT2D eigenvalue weighted by Crippen LogP contribution is -2.07. The number of pyridine rings is 1. The Morgan fingerprint density at radius 3 is 2.83 bits per heavy atom. The summed E-state index contributed by atoms with van der Waals surface area (Å²) in [6.07, 6.45) is 3.13. The van der Waals surface area contributed by atoms with E-state index >= 15 is 0 Å². The fourth-order valence-electron chi connectivity index (χ4n) is 0.707. The van der Waals surface area contributed by atoms with E-state index in [-0.39, 0.29) is 5.91 Å². The van der Waals surface area contributed by atoms with Crippen LogP contribution in [-0.2, 0) is 4.79 Å². The summed E-state index contributed by atoms with van der Waals surface area (Å²) in [7, 11) is 0. The molecule has 1 heterocycles. The zero-order valence-electron chi connectivity index (χ0n) is 6.27. The van der Waals surface area contributed by atoms with Crippen LogP contribution in [-0.4, -0.2) is 10.9 Å². The molecule has 0 aliphatic heterocycles. The molecular formula is C7H6ClIN2O. The fourth-order valence-corrected chi connectivity index (χ4v) is 1.66. The Morgan fingerprint density at radius 1 is 1.67 bits per heavy atom. The van der Waals surface area contributed by atoms with Crippen LogP contribution in [0.25, 0.3) is 0 Å². The largest absolute Gasteiger partial charge is 0.324 e. The van der Waals surface area contributed by atoms with E-state index in [9.17, 15) is 4.79 Å². The summed E-state index contributed by atoms with van der Waals surface area (Å²) >= 11 is 7.85. The average Bonchev–Trinajstić information content (AvgIpc) is 1.97. The van der Waals surface area contributed by atoms with Gasteiger partial charge in [0.25, 0.3) is 0 Å². The number of amides is 1. The van der Waals surface area contributed by atoms with E-state index in [0.29, 0.717) is 10.7 Å². The van der Waals surface area contributed by atoms with Crippen LogP contribution >= 0.6 is 34.2 Å². The van der Waals surface area contributed by atoms with Gasteiger partial charge in [-0.15, -0.1) is 0 Å². The van der Waals surface area contributed by atoms with Crippen molar-refractivity contribution in [2.75, 3.05) is 5.32 Å². The first-order valence-electron chi connectivity index (χ1n) is 3.18. The lowest BCUT2D eigenvalue weighted by Gasteiger charge is -2.05. The minimum Gasteiger partial charge on any atom is -0.324 e. The Hall–Kier alpha value is -0.360. The summed E-state index contributed by atoms with van der Waals surface area (Å²) in [6.45, 7) is 1.44. The van der Waals surface area contributed by atoms with Crippen molar-refractivity contribution < 1.29 is 4.79 Å². The minimum absolute atomic E-state index is 0.138. The number of nitrogens with zero attached hydrogens (tertiary/aromatic N) is 1. The minimum atomic E-state index is -0.138. The predicted molar refractivity (Wildman–Crippen MR) is 56.3 cm³/mol. The second-order valence-electron chi connectivity index (χ2n) is 2.16. The molecule has 0 atom stereocenters. The SMILES string of the molecule is CC(=O)Nc1c(Cl)cncc1I. The number of hydrogen-bond acceptors (Lipinski definition) is 2. The topological polar surface area (TPSA) is 42.0 Å². The molecule has 1 aromatic heterocycles. The van der Waals surface area contributed by atoms with Gasteiger partial charge in [-0.2, -0.15) is 0 Å². The predicted octanol–water partition coefficient (Wildman–Crippen LogP) is 2.30. The Morgan fingerprint density at radius 2 is 2.33 bits per heavy atom. The van der Waals surface area contributed by atoms with Crippen LogP contribution in [0.3, 0.4) is 0 Å². The highest BCUT2D eigenvalue weighted by molar-refractivity contribution is 14.1. The van der Waals surface area contributed by atoms with Crippen molar-refractivity contribution in [3.8, 4) is 0 Å². The van der Waals surface area contributed by atoms with Crippen LogP contribution in [0.5, 0.6) is 0 Å². The first-order chi connectivity index (χ1) is 5.61. The number of anilines is 1. The number of carbonyl (C=O) groups is 1. The monoisotopic (exact) mass is 296 g/mol. The van der Waals surface area contributed by atoms with E-state index in [0.717, 1.165) is 3.57 Å². The second kappa shape index (κ2) is 4.04. The van der Waals surface area contributed by atoms with Gasteiger partial charge in [-0.1, -0.05) is 11.6 Å². The zero-order chi connectivity index (χ0) is 9.14. The Labute approximate surface area is 88.7 Å². The molecule has 0 aliphatic carbocycles. The smallest absolute Gasteiger partial charge is 0.221 e. The van der Waals surface area contributed by atoms with E-state index in [1.165, 1.54) is 13.1 Å². The van der Waals surface area contributed by atoms with Crippen molar-refractivity contribution >= 4 is 45.8 Å². The van der Waals surface area contributed by atoms with Crippen molar-refractivity contribution in [2.24, 2.45) is 0 Å². The van der Waals surface area contributed by atoms with Crippen LogP contribution in [0.15, 0.2) is 12.4 Å². The standard InChI is InChI=1S/C7H6ClIN2O/c1-4(12)11-7-5(8)2-10-3-6(7)9/h2-3H,1H3,(H,10,11,12). The molecule has 1 aromatic rings. The zero-order valence-corrected chi connectivity index (χ0v) is 9.18. The third-order valence-corrected chi connectivity index (χ3v) is 2.26. The highest BCUT2D eigenvalue weighted by atomic mass is 127. The van der Waals surface area contributed by atoms with Crippen LogP contribution in [0.1, 0.15) is 6.92 Å². The molecule has 0 saturated carbocycles. The normalized spacial score (nSPS) is 9.58. The van der Waals surface area contributed by atoms with Gasteiger partial charge in [-0.25, -0.2) is 0 Å². The summed E-state index contributed by atoms with van der Waals surface area (Å²) in [5, 5.41) is 3.08. The van der Waals surface area contributed by atoms with Gasteiger partial charge in [0.2, 0.25) is 5.91 Å². The summed E-state index contributed by atoms with van der Waals surface area (Å²) in [6, 6.07) is 0. The van der Waals surface area contributed by atoms with Gasteiger partial charge in [-0.3, -0.25) is 9.78 Å². The molecular weight excluding hydrogens is 290 g/mol. The lowest BCUT2D eigenvalue weighted by atomic mass is 10.4. The molecule has 1 N–H and O–H groups in total. The quantitative estimate of drug-likeness (QED) is 0.808. The van der Waals surface area contributed by atoms with Gasteiger partial charge in [0.15, 0.2) is 0 Å². The van der Waals surface area contributed by atoms with Gasteiger partial charge in [-0.05, 0) is 22.6 Å². The molecule has 1 rings (SSSR count). The maximum absolute atomic E-state index is 10.7. The first-order valence-corrected chi connectivity index (χ1v) is 4.63. The summed E-state index contributed by atoms with van der Waals surface area (Å²) in [5.74, 6) is -0.138. The van der Waals surface area contributed by atoms with E-state index in [1.54, 1.807) is 6.20 Å². The molecule has 0 bridgehead atoms. The van der Waals surface area contributed by atoms with Gasteiger partial charge in [0.1, 0.15) is 0 Å². The molecule has 64 valence electrons. The van der Waals surface area contributed by atoms with Crippen LogP contribution < -0.4 is 5.32 Å². The maximum Gasteiger partial charge on any atom is 0.221 e. The molecule has 0 spiro atoms. The van der Waals surface area contributed by atoms with Crippen molar-refractivity contribution in [1.29, 1.82) is 0 Å². The molecule has 1 amide bonds. The van der Waals surface area contributed by atoms with Gasteiger partial charge in [0.05, 0.1) is 14.3 Å². The Bertz CT molecular complexity index is 296. The molecule has 0 unspecified atom stereocenters. The van der Waals surface area contributed by atoms with Gasteiger partial charge < -0.3 is 5.32 Å². The highest BCUT2D eigenvalue weighted by Crippen LogP contribution is 2.25. The molecule has 12 heavy (non-hydrogen) atoms.